The molecule has 0 aliphatic rings. The maximum absolute atomic E-state index is 11.9. The monoisotopic (exact) mass is 302 g/mol. The number of nitriles is 1. The van der Waals surface area contributed by atoms with Crippen LogP contribution >= 0.6 is 11.8 Å². The zero-order chi connectivity index (χ0) is 15.2. The van der Waals surface area contributed by atoms with Crippen molar-refractivity contribution in [3.05, 3.63) is 30.1 Å². The Kier molecular flexibility index (Phi) is 5.23. The number of hydrogen-bond donors (Lipinski definition) is 1. The fourth-order valence-electron chi connectivity index (χ4n) is 1.97. The standard InChI is InChI=1S/C15H18N4OS/c1-11(7-16)8-19(2)15(20)10-21-9-14-17-12-5-3-4-6-13(12)18-14/h3-6,11H,8-10H2,1-2H3,(H,17,18)/t11-/m1/s1. The van der Waals surface area contributed by atoms with Gasteiger partial charge in [-0.2, -0.15) is 5.26 Å². The van der Waals surface area contributed by atoms with Gasteiger partial charge in [-0.3, -0.25) is 4.79 Å². The van der Waals surface area contributed by atoms with Crippen LogP contribution in [0.25, 0.3) is 11.0 Å². The molecule has 21 heavy (non-hydrogen) atoms. The quantitative estimate of drug-likeness (QED) is 0.889. The summed E-state index contributed by atoms with van der Waals surface area (Å²) in [4.78, 5) is 21.2. The number of H-pyrrole nitrogens is 1. The number of imidazole rings is 1. The van der Waals surface area contributed by atoms with E-state index in [2.05, 4.69) is 16.0 Å². The van der Waals surface area contributed by atoms with Crippen LogP contribution < -0.4 is 0 Å². The van der Waals surface area contributed by atoms with Crippen LogP contribution in [0, 0.1) is 17.2 Å². The molecule has 1 N–H and O–H groups in total. The molecule has 5 nitrogen and oxygen atoms in total. The van der Waals surface area contributed by atoms with Crippen molar-refractivity contribution in [1.82, 2.24) is 14.9 Å². The van der Waals surface area contributed by atoms with Crippen LogP contribution in [-0.2, 0) is 10.5 Å². The summed E-state index contributed by atoms with van der Waals surface area (Å²) in [7, 11) is 1.73. The SMILES string of the molecule is C[C@H](C#N)CN(C)C(=O)CSCc1nc2ccccc2[nH]1. The molecule has 1 amide bonds. The largest absolute Gasteiger partial charge is 0.344 e. The molecule has 0 unspecified atom stereocenters. The number of benzene rings is 1. The Morgan fingerprint density at radius 2 is 2.29 bits per heavy atom. The van der Waals surface area contributed by atoms with Crippen LogP contribution in [0.1, 0.15) is 12.7 Å². The third-order valence-corrected chi connectivity index (χ3v) is 4.03. The maximum atomic E-state index is 11.9. The third kappa shape index (κ3) is 4.23. The summed E-state index contributed by atoms with van der Waals surface area (Å²) in [6.07, 6.45) is 0. The van der Waals surface area contributed by atoms with E-state index in [1.54, 1.807) is 11.9 Å². The Morgan fingerprint density at radius 1 is 1.52 bits per heavy atom. The topological polar surface area (TPSA) is 72.8 Å². The Hall–Kier alpha value is -2.00. The number of amides is 1. The van der Waals surface area contributed by atoms with Gasteiger partial charge in [-0.15, -0.1) is 11.8 Å². The molecule has 0 spiro atoms. The minimum absolute atomic E-state index is 0.0400. The summed E-state index contributed by atoms with van der Waals surface area (Å²) in [6.45, 7) is 2.28. The summed E-state index contributed by atoms with van der Waals surface area (Å²) in [5, 5.41) is 8.75. The Bertz CT molecular complexity index is 628. The number of aromatic nitrogens is 2. The van der Waals surface area contributed by atoms with E-state index in [4.69, 9.17) is 5.26 Å². The van der Waals surface area contributed by atoms with Gasteiger partial charge in [0.1, 0.15) is 5.82 Å². The predicted molar refractivity (Wildman–Crippen MR) is 84.7 cm³/mol. The lowest BCUT2D eigenvalue weighted by Crippen LogP contribution is -2.32. The van der Waals surface area contributed by atoms with Gasteiger partial charge >= 0.3 is 0 Å². The van der Waals surface area contributed by atoms with Crippen LogP contribution in [0.4, 0.5) is 0 Å². The number of carbonyl (C=O) groups excluding carboxylic acids is 1. The lowest BCUT2D eigenvalue weighted by atomic mass is 10.2. The van der Waals surface area contributed by atoms with Crippen molar-refractivity contribution in [2.24, 2.45) is 5.92 Å². The van der Waals surface area contributed by atoms with Crippen molar-refractivity contribution in [2.75, 3.05) is 19.3 Å². The number of hydrogen-bond acceptors (Lipinski definition) is 4. The van der Waals surface area contributed by atoms with Crippen LogP contribution in [0.15, 0.2) is 24.3 Å². The van der Waals surface area contributed by atoms with Crippen LogP contribution in [0.5, 0.6) is 0 Å². The van der Waals surface area contributed by atoms with E-state index in [1.165, 1.54) is 11.8 Å². The summed E-state index contributed by atoms with van der Waals surface area (Å²) in [5.41, 5.74) is 1.96. The molecule has 0 saturated carbocycles. The van der Waals surface area contributed by atoms with E-state index in [9.17, 15) is 4.79 Å². The number of fused-ring (bicyclic) bond motifs is 1. The summed E-state index contributed by atoms with van der Waals surface area (Å²) >= 11 is 1.52. The van der Waals surface area contributed by atoms with Gasteiger partial charge in [-0.05, 0) is 19.1 Å². The van der Waals surface area contributed by atoms with E-state index in [1.807, 2.05) is 31.2 Å². The Labute approximate surface area is 128 Å². The van der Waals surface area contributed by atoms with E-state index >= 15 is 0 Å². The molecule has 0 aliphatic heterocycles. The summed E-state index contributed by atoms with van der Waals surface area (Å²) in [5.74, 6) is 1.84. The van der Waals surface area contributed by atoms with Gasteiger partial charge in [0.05, 0.1) is 34.5 Å². The molecular formula is C15H18N4OS. The van der Waals surface area contributed by atoms with Crippen molar-refractivity contribution in [3.8, 4) is 6.07 Å². The normalized spacial score (nSPS) is 12.0. The number of thioether (sulfide) groups is 1. The molecule has 0 saturated heterocycles. The van der Waals surface area contributed by atoms with Crippen molar-refractivity contribution in [3.63, 3.8) is 0 Å². The number of nitrogens with zero attached hydrogens (tertiary/aromatic N) is 3. The summed E-state index contributed by atoms with van der Waals surface area (Å²) in [6, 6.07) is 10.00. The minimum Gasteiger partial charge on any atom is -0.344 e. The fraction of sp³-hybridized carbons (Fsp3) is 0.400. The molecule has 2 rings (SSSR count). The average molecular weight is 302 g/mol. The molecule has 1 aromatic heterocycles. The van der Waals surface area contributed by atoms with Gasteiger partial charge < -0.3 is 9.88 Å². The molecular weight excluding hydrogens is 284 g/mol. The van der Waals surface area contributed by atoms with E-state index in [-0.39, 0.29) is 11.8 Å². The lowest BCUT2D eigenvalue weighted by molar-refractivity contribution is -0.127. The second-order valence-electron chi connectivity index (χ2n) is 5.00. The zero-order valence-corrected chi connectivity index (χ0v) is 13.0. The predicted octanol–water partition coefficient (Wildman–Crippen LogP) is 2.41. The van der Waals surface area contributed by atoms with Crippen molar-refractivity contribution in [2.45, 2.75) is 12.7 Å². The minimum atomic E-state index is -0.140. The number of rotatable bonds is 6. The van der Waals surface area contributed by atoms with Gasteiger partial charge in [0.15, 0.2) is 0 Å². The molecule has 110 valence electrons. The molecule has 1 aromatic carbocycles. The van der Waals surface area contributed by atoms with Crippen molar-refractivity contribution in [1.29, 1.82) is 5.26 Å². The van der Waals surface area contributed by atoms with Gasteiger partial charge in [-0.1, -0.05) is 12.1 Å². The smallest absolute Gasteiger partial charge is 0.232 e. The Balaban J connectivity index is 1.81. The molecule has 0 aliphatic carbocycles. The van der Waals surface area contributed by atoms with Crippen molar-refractivity contribution < 1.29 is 4.79 Å². The zero-order valence-electron chi connectivity index (χ0n) is 12.2. The maximum Gasteiger partial charge on any atom is 0.232 e. The number of carbonyl (C=O) groups is 1. The van der Waals surface area contributed by atoms with Crippen LogP contribution in [0.3, 0.4) is 0 Å². The Morgan fingerprint density at radius 3 is 3.00 bits per heavy atom. The van der Waals surface area contributed by atoms with Crippen molar-refractivity contribution >= 4 is 28.7 Å². The molecule has 0 fully saturated rings. The molecule has 1 heterocycles. The first kappa shape index (κ1) is 15.4. The van der Waals surface area contributed by atoms with Gasteiger partial charge in [0, 0.05) is 13.6 Å². The lowest BCUT2D eigenvalue weighted by Gasteiger charge is -2.17. The highest BCUT2D eigenvalue weighted by atomic mass is 32.2. The first-order chi connectivity index (χ1) is 10.1. The van der Waals surface area contributed by atoms with Crippen LogP contribution in [0.2, 0.25) is 0 Å². The molecule has 6 heteroatoms. The number of aromatic amines is 1. The molecule has 1 atom stereocenters. The highest BCUT2D eigenvalue weighted by Crippen LogP contribution is 2.15. The molecule has 2 aromatic rings. The van der Waals surface area contributed by atoms with Crippen LogP contribution in [-0.4, -0.2) is 40.1 Å². The molecule has 0 bridgehead atoms. The number of nitrogens with one attached hydrogen (secondary N) is 1. The average Bonchev–Trinajstić information content (AvgIpc) is 2.89. The second kappa shape index (κ2) is 7.14. The van der Waals surface area contributed by atoms with E-state index in [0.717, 1.165) is 16.9 Å². The first-order valence-electron chi connectivity index (χ1n) is 6.75. The van der Waals surface area contributed by atoms with Gasteiger partial charge in [0.2, 0.25) is 5.91 Å². The fourth-order valence-corrected chi connectivity index (χ4v) is 2.80. The first-order valence-corrected chi connectivity index (χ1v) is 7.90. The third-order valence-electron chi connectivity index (χ3n) is 3.10. The number of para-hydroxylation sites is 2. The highest BCUT2D eigenvalue weighted by molar-refractivity contribution is 7.99. The summed E-state index contributed by atoms with van der Waals surface area (Å²) < 4.78 is 0. The van der Waals surface area contributed by atoms with Gasteiger partial charge in [0.25, 0.3) is 0 Å². The highest BCUT2D eigenvalue weighted by Gasteiger charge is 2.12. The second-order valence-corrected chi connectivity index (χ2v) is 5.98. The molecule has 0 radical (unpaired) electrons. The van der Waals surface area contributed by atoms with E-state index < -0.39 is 0 Å². The van der Waals surface area contributed by atoms with Gasteiger partial charge in [-0.25, -0.2) is 4.98 Å². The van der Waals surface area contributed by atoms with E-state index in [0.29, 0.717) is 18.1 Å².